The highest BCUT2D eigenvalue weighted by Gasteiger charge is 2.40. The molecule has 0 aliphatic carbocycles. The van der Waals surface area contributed by atoms with Crippen molar-refractivity contribution in [3.8, 4) is 34.0 Å². The molecule has 3 heterocycles. The van der Waals surface area contributed by atoms with Crippen molar-refractivity contribution in [2.24, 2.45) is 0 Å². The van der Waals surface area contributed by atoms with Gasteiger partial charge in [-0.25, -0.2) is 9.37 Å². The summed E-state index contributed by atoms with van der Waals surface area (Å²) in [5.41, 5.74) is 2.34. The van der Waals surface area contributed by atoms with Crippen LogP contribution in [0.5, 0.6) is 11.5 Å². The van der Waals surface area contributed by atoms with Crippen LogP contribution in [0.3, 0.4) is 0 Å². The summed E-state index contributed by atoms with van der Waals surface area (Å²) in [5.74, 6) is -1.64. The lowest BCUT2D eigenvalue weighted by Gasteiger charge is -2.39. The molecule has 2 aliphatic rings. The topological polar surface area (TPSA) is 86.2 Å². The fourth-order valence-corrected chi connectivity index (χ4v) is 5.47. The first-order valence-corrected chi connectivity index (χ1v) is 13.0. The quantitative estimate of drug-likeness (QED) is 0.447. The maximum atomic E-state index is 15.1. The standard InChI is InChI=1S/C30H28ClFN4O4/c1-5-17-14-18(10-11-21(17)34(3)4)27-25-29(26(31)28(33-27)24-20(32)8-7-9-22(24)37)40-16-19-15-35(23(38)6-2)12-13-36(19)30(25)39/h5-11,14,19,37H,1-2,12-13,15-16H2,3-4H3/t19-/m1/s1. The second kappa shape index (κ2) is 10.7. The second-order valence-electron chi connectivity index (χ2n) is 9.78. The molecule has 0 unspecified atom stereocenters. The molecule has 1 fully saturated rings. The number of ether oxygens (including phenoxy) is 1. The van der Waals surface area contributed by atoms with Crippen LogP contribution in [0.1, 0.15) is 15.9 Å². The van der Waals surface area contributed by atoms with Crippen molar-refractivity contribution in [3.63, 3.8) is 0 Å². The average molecular weight is 563 g/mol. The molecule has 3 aromatic rings. The normalized spacial score (nSPS) is 16.4. The van der Waals surface area contributed by atoms with Crippen molar-refractivity contribution in [2.45, 2.75) is 6.04 Å². The Morgan fingerprint density at radius 3 is 2.65 bits per heavy atom. The van der Waals surface area contributed by atoms with Gasteiger partial charge in [0.25, 0.3) is 5.91 Å². The number of aromatic nitrogens is 1. The smallest absolute Gasteiger partial charge is 0.260 e. The van der Waals surface area contributed by atoms with E-state index in [0.29, 0.717) is 12.1 Å². The van der Waals surface area contributed by atoms with E-state index in [2.05, 4.69) is 13.2 Å². The number of phenolic OH excluding ortho intramolecular Hbond substituents is 1. The summed E-state index contributed by atoms with van der Waals surface area (Å²) in [6.07, 6.45) is 2.94. The van der Waals surface area contributed by atoms with Gasteiger partial charge in [-0.3, -0.25) is 9.59 Å². The van der Waals surface area contributed by atoms with Crippen molar-refractivity contribution in [1.29, 1.82) is 0 Å². The van der Waals surface area contributed by atoms with Crippen LogP contribution in [0.25, 0.3) is 28.6 Å². The number of halogens is 2. The minimum atomic E-state index is -0.731. The molecule has 0 radical (unpaired) electrons. The molecule has 0 saturated carbocycles. The second-order valence-corrected chi connectivity index (χ2v) is 10.2. The molecule has 1 saturated heterocycles. The molecule has 2 amide bonds. The molecule has 206 valence electrons. The highest BCUT2D eigenvalue weighted by molar-refractivity contribution is 6.35. The number of benzene rings is 2. The SMILES string of the molecule is C=CC(=O)N1CCN2C(=O)c3c(-c4ccc(N(C)C)c(C=C)c4)nc(-c4c(O)cccc4F)c(Cl)c3OC[C@H]2C1. The number of phenols is 1. The van der Waals surface area contributed by atoms with Crippen LogP contribution in [0.15, 0.2) is 55.6 Å². The zero-order valence-electron chi connectivity index (χ0n) is 22.2. The molecule has 0 spiro atoms. The summed E-state index contributed by atoms with van der Waals surface area (Å²) >= 11 is 6.79. The third-order valence-electron chi connectivity index (χ3n) is 7.19. The largest absolute Gasteiger partial charge is 0.507 e. The van der Waals surface area contributed by atoms with Gasteiger partial charge in [-0.05, 0) is 35.9 Å². The van der Waals surface area contributed by atoms with Crippen molar-refractivity contribution >= 4 is 35.2 Å². The van der Waals surface area contributed by atoms with E-state index in [4.69, 9.17) is 21.3 Å². The lowest BCUT2D eigenvalue weighted by atomic mass is 9.98. The number of hydrogen-bond donors (Lipinski definition) is 1. The Kier molecular flexibility index (Phi) is 7.25. The number of rotatable bonds is 5. The van der Waals surface area contributed by atoms with Crippen LogP contribution in [0.2, 0.25) is 5.02 Å². The number of carbonyl (C=O) groups excluding carboxylic acids is 2. The summed E-state index contributed by atoms with van der Waals surface area (Å²) in [4.78, 5) is 36.3. The van der Waals surface area contributed by atoms with E-state index in [9.17, 15) is 14.7 Å². The van der Waals surface area contributed by atoms with E-state index in [-0.39, 0.29) is 70.5 Å². The summed E-state index contributed by atoms with van der Waals surface area (Å²) in [7, 11) is 3.81. The average Bonchev–Trinajstić information content (AvgIpc) is 3.09. The predicted octanol–water partition coefficient (Wildman–Crippen LogP) is 4.85. The summed E-state index contributed by atoms with van der Waals surface area (Å²) < 4.78 is 21.2. The molecular weight excluding hydrogens is 535 g/mol. The summed E-state index contributed by atoms with van der Waals surface area (Å²) in [6, 6.07) is 8.96. The van der Waals surface area contributed by atoms with Crippen molar-refractivity contribution in [1.82, 2.24) is 14.8 Å². The molecule has 10 heteroatoms. The molecule has 1 N–H and O–H groups in total. The molecule has 8 nitrogen and oxygen atoms in total. The van der Waals surface area contributed by atoms with E-state index in [1.807, 2.05) is 31.1 Å². The van der Waals surface area contributed by atoms with Gasteiger partial charge in [-0.1, -0.05) is 43.0 Å². The lowest BCUT2D eigenvalue weighted by Crippen LogP contribution is -2.57. The Morgan fingerprint density at radius 1 is 1.20 bits per heavy atom. The Bertz CT molecular complexity index is 1540. The molecule has 2 aliphatic heterocycles. The van der Waals surface area contributed by atoms with Crippen molar-refractivity contribution < 1.29 is 23.8 Å². The summed E-state index contributed by atoms with van der Waals surface area (Å²) in [6.45, 7) is 8.38. The number of aromatic hydroxyl groups is 1. The van der Waals surface area contributed by atoms with Gasteiger partial charge in [-0.2, -0.15) is 0 Å². The molecule has 0 bridgehead atoms. The Balaban J connectivity index is 1.74. The number of anilines is 1. The van der Waals surface area contributed by atoms with Gasteiger partial charge in [0.2, 0.25) is 5.91 Å². The van der Waals surface area contributed by atoms with E-state index >= 15 is 4.39 Å². The minimum absolute atomic E-state index is 0.0437. The van der Waals surface area contributed by atoms with Gasteiger partial charge >= 0.3 is 0 Å². The van der Waals surface area contributed by atoms with Gasteiger partial charge in [0.05, 0.1) is 17.3 Å². The fourth-order valence-electron chi connectivity index (χ4n) is 5.19. The number of piperazine rings is 1. The van der Waals surface area contributed by atoms with Gasteiger partial charge in [0, 0.05) is 45.0 Å². The lowest BCUT2D eigenvalue weighted by molar-refractivity contribution is -0.128. The number of carbonyl (C=O) groups is 2. The molecular formula is C30H28ClFN4O4. The van der Waals surface area contributed by atoms with Crippen LogP contribution >= 0.6 is 11.6 Å². The summed E-state index contributed by atoms with van der Waals surface area (Å²) in [5, 5.41) is 10.5. The number of pyridine rings is 1. The first kappa shape index (κ1) is 27.2. The van der Waals surface area contributed by atoms with E-state index in [0.717, 1.165) is 11.3 Å². The van der Waals surface area contributed by atoms with Crippen molar-refractivity contribution in [3.05, 3.63) is 77.6 Å². The van der Waals surface area contributed by atoms with Gasteiger partial charge < -0.3 is 24.5 Å². The third kappa shape index (κ3) is 4.56. The number of hydrogen-bond acceptors (Lipinski definition) is 6. The van der Waals surface area contributed by atoms with Crippen molar-refractivity contribution in [2.75, 3.05) is 45.2 Å². The molecule has 5 rings (SSSR count). The van der Waals surface area contributed by atoms with Gasteiger partial charge in [0.15, 0.2) is 5.75 Å². The van der Waals surface area contributed by atoms with Crippen LogP contribution in [0.4, 0.5) is 10.1 Å². The third-order valence-corrected chi connectivity index (χ3v) is 7.54. The monoisotopic (exact) mass is 562 g/mol. The van der Waals surface area contributed by atoms with Crippen LogP contribution in [-0.2, 0) is 4.79 Å². The predicted molar refractivity (Wildman–Crippen MR) is 153 cm³/mol. The molecule has 2 aromatic carbocycles. The zero-order valence-corrected chi connectivity index (χ0v) is 22.9. The van der Waals surface area contributed by atoms with E-state index < -0.39 is 11.9 Å². The number of nitrogens with zero attached hydrogens (tertiary/aromatic N) is 4. The van der Waals surface area contributed by atoms with E-state index in [1.165, 1.54) is 24.3 Å². The molecule has 1 atom stereocenters. The van der Waals surface area contributed by atoms with Crippen LogP contribution < -0.4 is 9.64 Å². The van der Waals surface area contributed by atoms with Gasteiger partial charge in [-0.15, -0.1) is 0 Å². The maximum Gasteiger partial charge on any atom is 0.260 e. The number of fused-ring (bicyclic) bond motifs is 2. The Morgan fingerprint density at radius 2 is 1.98 bits per heavy atom. The Labute approximate surface area is 236 Å². The first-order valence-electron chi connectivity index (χ1n) is 12.7. The van der Waals surface area contributed by atoms with Crippen LogP contribution in [-0.4, -0.2) is 78.1 Å². The Hall–Kier alpha value is -4.37. The number of amides is 2. The maximum absolute atomic E-state index is 15.1. The highest BCUT2D eigenvalue weighted by atomic mass is 35.5. The van der Waals surface area contributed by atoms with E-state index in [1.54, 1.807) is 21.9 Å². The fraction of sp³-hybridized carbons (Fsp3) is 0.233. The molecule has 1 aromatic heterocycles. The van der Waals surface area contributed by atoms with Gasteiger partial charge in [0.1, 0.15) is 34.5 Å². The van der Waals surface area contributed by atoms with Crippen LogP contribution in [0, 0.1) is 5.82 Å². The zero-order chi connectivity index (χ0) is 28.7. The first-order chi connectivity index (χ1) is 19.2. The molecule has 40 heavy (non-hydrogen) atoms. The minimum Gasteiger partial charge on any atom is -0.507 e. The highest BCUT2D eigenvalue weighted by Crippen LogP contribution is 2.46.